The highest BCUT2D eigenvalue weighted by Gasteiger charge is 2.12. The van der Waals surface area contributed by atoms with Crippen LogP contribution >= 0.6 is 0 Å². The van der Waals surface area contributed by atoms with Crippen LogP contribution in [0.25, 0.3) is 0 Å². The van der Waals surface area contributed by atoms with Crippen molar-refractivity contribution in [2.45, 2.75) is 0 Å². The molecule has 0 bridgehead atoms. The van der Waals surface area contributed by atoms with Crippen LogP contribution in [0.2, 0.25) is 0 Å². The normalized spacial score (nSPS) is 10.2. The van der Waals surface area contributed by atoms with Gasteiger partial charge in [-0.25, -0.2) is 8.78 Å². The van der Waals surface area contributed by atoms with E-state index in [0.29, 0.717) is 0 Å². The number of nitro benzene ring substituents is 1. The summed E-state index contributed by atoms with van der Waals surface area (Å²) in [6.45, 7) is -0.502. The second kappa shape index (κ2) is 6.08. The van der Waals surface area contributed by atoms with Gasteiger partial charge in [-0.1, -0.05) is 0 Å². The Hall–Kier alpha value is -2.83. The first kappa shape index (κ1) is 14.6. The molecule has 0 aliphatic carbocycles. The molecule has 2 aromatic carbocycles. The van der Waals surface area contributed by atoms with E-state index in [-0.39, 0.29) is 17.0 Å². The summed E-state index contributed by atoms with van der Waals surface area (Å²) in [5.41, 5.74) is 0.0288. The molecule has 0 heterocycles. The lowest BCUT2D eigenvalue weighted by molar-refractivity contribution is -0.384. The summed E-state index contributed by atoms with van der Waals surface area (Å²) in [4.78, 5) is 21.7. The Morgan fingerprint density at radius 2 is 1.81 bits per heavy atom. The second-order valence-electron chi connectivity index (χ2n) is 4.09. The van der Waals surface area contributed by atoms with Crippen molar-refractivity contribution in [1.82, 2.24) is 0 Å². The fourth-order valence-corrected chi connectivity index (χ4v) is 1.58. The van der Waals surface area contributed by atoms with Gasteiger partial charge in [0.05, 0.1) is 4.92 Å². The van der Waals surface area contributed by atoms with Crippen molar-refractivity contribution < 1.29 is 23.2 Å². The fraction of sp³-hybridized carbons (Fsp3) is 0.0714. The molecule has 0 unspecified atom stereocenters. The van der Waals surface area contributed by atoms with Gasteiger partial charge in [0.25, 0.3) is 5.69 Å². The van der Waals surface area contributed by atoms with Crippen LogP contribution in [0.15, 0.2) is 42.5 Å². The van der Waals surface area contributed by atoms with Crippen LogP contribution in [0.3, 0.4) is 0 Å². The van der Waals surface area contributed by atoms with Crippen molar-refractivity contribution in [1.29, 1.82) is 0 Å². The van der Waals surface area contributed by atoms with E-state index in [1.54, 1.807) is 0 Å². The number of non-ortho nitro benzene ring substituents is 1. The molecule has 0 radical (unpaired) electrons. The quantitative estimate of drug-likeness (QED) is 0.482. The maximum absolute atomic E-state index is 13.3. The third-order valence-electron chi connectivity index (χ3n) is 2.65. The number of hydrogen-bond donors (Lipinski definition) is 0. The number of benzene rings is 2. The summed E-state index contributed by atoms with van der Waals surface area (Å²) < 4.78 is 31.1. The second-order valence-corrected chi connectivity index (χ2v) is 4.09. The van der Waals surface area contributed by atoms with E-state index in [9.17, 15) is 23.7 Å². The minimum atomic E-state index is -0.784. The molecule has 0 spiro atoms. The van der Waals surface area contributed by atoms with Crippen molar-refractivity contribution in [2.75, 3.05) is 6.61 Å². The van der Waals surface area contributed by atoms with E-state index in [1.807, 2.05) is 0 Å². The standard InChI is InChI=1S/C14H9F2NO4/c15-10-3-6-12(16)14(7-10)21-8-13(18)9-1-4-11(5-2-9)17(19)20/h1-7H,8H2. The van der Waals surface area contributed by atoms with E-state index in [0.717, 1.165) is 18.2 Å². The first-order valence-electron chi connectivity index (χ1n) is 5.83. The molecule has 0 saturated carbocycles. The number of carbonyl (C=O) groups is 1. The van der Waals surface area contributed by atoms with Crippen LogP contribution in [-0.4, -0.2) is 17.3 Å². The maximum Gasteiger partial charge on any atom is 0.269 e. The lowest BCUT2D eigenvalue weighted by atomic mass is 10.1. The van der Waals surface area contributed by atoms with Crippen molar-refractivity contribution in [3.8, 4) is 5.75 Å². The number of rotatable bonds is 5. The molecule has 0 saturated heterocycles. The number of nitrogens with zero attached hydrogens (tertiary/aromatic N) is 1. The molecule has 2 aromatic rings. The first-order chi connectivity index (χ1) is 9.97. The molecule has 0 atom stereocenters. The maximum atomic E-state index is 13.3. The molecule has 5 nitrogen and oxygen atoms in total. The Morgan fingerprint density at radius 1 is 1.14 bits per heavy atom. The topological polar surface area (TPSA) is 69.4 Å². The van der Waals surface area contributed by atoms with Gasteiger partial charge >= 0.3 is 0 Å². The highest BCUT2D eigenvalue weighted by Crippen LogP contribution is 2.18. The van der Waals surface area contributed by atoms with Gasteiger partial charge in [-0.05, 0) is 24.3 Å². The zero-order valence-electron chi connectivity index (χ0n) is 10.6. The Balaban J connectivity index is 2.04. The largest absolute Gasteiger partial charge is 0.482 e. The number of Topliss-reactive ketones (excluding diaryl/α,β-unsaturated/α-hetero) is 1. The lowest BCUT2D eigenvalue weighted by Gasteiger charge is -2.06. The predicted molar refractivity (Wildman–Crippen MR) is 69.3 cm³/mol. The molecular weight excluding hydrogens is 284 g/mol. The molecule has 0 amide bonds. The molecule has 2 rings (SSSR count). The van der Waals surface area contributed by atoms with E-state index in [2.05, 4.69) is 0 Å². The molecule has 0 aromatic heterocycles. The molecule has 0 aliphatic rings. The summed E-state index contributed by atoms with van der Waals surface area (Å²) in [6, 6.07) is 7.54. The first-order valence-corrected chi connectivity index (χ1v) is 5.83. The van der Waals surface area contributed by atoms with Gasteiger partial charge in [0.2, 0.25) is 0 Å². The summed E-state index contributed by atoms with van der Waals surface area (Å²) in [7, 11) is 0. The molecular formula is C14H9F2NO4. The summed E-state index contributed by atoms with van der Waals surface area (Å²) in [5, 5.41) is 10.5. The number of carbonyl (C=O) groups excluding carboxylic acids is 1. The third-order valence-corrected chi connectivity index (χ3v) is 2.65. The number of ketones is 1. The summed E-state index contributed by atoms with van der Waals surface area (Å²) in [6.07, 6.45) is 0. The van der Waals surface area contributed by atoms with Crippen molar-refractivity contribution in [2.24, 2.45) is 0 Å². The van der Waals surface area contributed by atoms with Crippen molar-refractivity contribution in [3.05, 3.63) is 69.8 Å². The fourth-order valence-electron chi connectivity index (χ4n) is 1.58. The van der Waals surface area contributed by atoms with Crippen LogP contribution in [0, 0.1) is 21.7 Å². The SMILES string of the molecule is O=C(COc1cc(F)ccc1F)c1ccc([N+](=O)[O-])cc1. The average molecular weight is 293 g/mol. The average Bonchev–Trinajstić information content (AvgIpc) is 2.48. The molecule has 108 valence electrons. The van der Waals surface area contributed by atoms with Gasteiger partial charge in [-0.2, -0.15) is 0 Å². The minimum Gasteiger partial charge on any atom is -0.482 e. The van der Waals surface area contributed by atoms with Crippen LogP contribution < -0.4 is 4.74 Å². The highest BCUT2D eigenvalue weighted by atomic mass is 19.1. The zero-order chi connectivity index (χ0) is 15.4. The van der Waals surface area contributed by atoms with Crippen LogP contribution in [0.1, 0.15) is 10.4 Å². The van der Waals surface area contributed by atoms with Crippen LogP contribution in [0.4, 0.5) is 14.5 Å². The Morgan fingerprint density at radius 3 is 2.43 bits per heavy atom. The van der Waals surface area contributed by atoms with E-state index >= 15 is 0 Å². The Kier molecular flexibility index (Phi) is 4.22. The highest BCUT2D eigenvalue weighted by molar-refractivity contribution is 5.97. The smallest absolute Gasteiger partial charge is 0.269 e. The number of halogens is 2. The molecule has 0 fully saturated rings. The summed E-state index contributed by atoms with van der Waals surface area (Å²) in [5.74, 6) is -2.35. The van der Waals surface area contributed by atoms with Crippen LogP contribution in [-0.2, 0) is 0 Å². The van der Waals surface area contributed by atoms with Gasteiger partial charge in [0.15, 0.2) is 24.0 Å². The van der Waals surface area contributed by atoms with Gasteiger partial charge in [-0.3, -0.25) is 14.9 Å². The number of nitro groups is 1. The van der Waals surface area contributed by atoms with Crippen molar-refractivity contribution in [3.63, 3.8) is 0 Å². The van der Waals surface area contributed by atoms with E-state index in [4.69, 9.17) is 4.74 Å². The van der Waals surface area contributed by atoms with Gasteiger partial charge in [-0.15, -0.1) is 0 Å². The van der Waals surface area contributed by atoms with Crippen LogP contribution in [0.5, 0.6) is 5.75 Å². The van der Waals surface area contributed by atoms with E-state index in [1.165, 1.54) is 24.3 Å². The molecule has 0 aliphatic heterocycles. The van der Waals surface area contributed by atoms with Gasteiger partial charge < -0.3 is 4.74 Å². The Labute approximate surface area is 117 Å². The Bertz CT molecular complexity index is 686. The third kappa shape index (κ3) is 3.59. The minimum absolute atomic E-state index is 0.149. The zero-order valence-corrected chi connectivity index (χ0v) is 10.6. The lowest BCUT2D eigenvalue weighted by Crippen LogP contribution is -2.12. The van der Waals surface area contributed by atoms with Gasteiger partial charge in [0, 0.05) is 23.8 Å². The van der Waals surface area contributed by atoms with E-state index < -0.39 is 28.9 Å². The number of hydrogen-bond acceptors (Lipinski definition) is 4. The molecule has 7 heteroatoms. The van der Waals surface area contributed by atoms with Crippen molar-refractivity contribution >= 4 is 11.5 Å². The monoisotopic (exact) mass is 293 g/mol. The number of ether oxygens (including phenoxy) is 1. The molecule has 21 heavy (non-hydrogen) atoms. The molecule has 0 N–H and O–H groups in total. The predicted octanol–water partition coefficient (Wildman–Crippen LogP) is 3.13. The summed E-state index contributed by atoms with van der Waals surface area (Å²) >= 11 is 0. The van der Waals surface area contributed by atoms with Gasteiger partial charge in [0.1, 0.15) is 5.82 Å².